The lowest BCUT2D eigenvalue weighted by Gasteiger charge is -2.46. The third kappa shape index (κ3) is 5.64. The van der Waals surface area contributed by atoms with E-state index in [1.54, 1.807) is 0 Å². The van der Waals surface area contributed by atoms with Gasteiger partial charge in [0.1, 0.15) is 0 Å². The molecule has 0 aromatic heterocycles. The average Bonchev–Trinajstić information content (AvgIpc) is 2.74. The Morgan fingerprint density at radius 1 is 0.433 bits per heavy atom. The van der Waals surface area contributed by atoms with Crippen LogP contribution in [0.15, 0.2) is 0 Å². The van der Waals surface area contributed by atoms with Crippen molar-refractivity contribution in [1.82, 2.24) is 0 Å². The van der Waals surface area contributed by atoms with Crippen molar-refractivity contribution < 1.29 is 9.47 Å². The van der Waals surface area contributed by atoms with Gasteiger partial charge in [-0.05, 0) is 99.7 Å². The third-order valence-corrected chi connectivity index (χ3v) is 9.89. The summed E-state index contributed by atoms with van der Waals surface area (Å²) in [5.41, 5.74) is 0. The highest BCUT2D eigenvalue weighted by Gasteiger charge is 2.41. The van der Waals surface area contributed by atoms with Crippen LogP contribution in [0, 0.1) is 35.5 Å². The fourth-order valence-electron chi connectivity index (χ4n) is 7.31. The summed E-state index contributed by atoms with van der Waals surface area (Å²) < 4.78 is 13.9. The van der Waals surface area contributed by atoms with Gasteiger partial charge in [-0.25, -0.2) is 0 Å². The fraction of sp³-hybridized carbons (Fsp3) is 1.00. The molecule has 4 aliphatic carbocycles. The molecule has 174 valence electrons. The largest absolute Gasteiger partial charge is 0.375 e. The zero-order valence-electron chi connectivity index (χ0n) is 20.5. The van der Waals surface area contributed by atoms with Gasteiger partial charge in [-0.2, -0.15) is 0 Å². The Labute approximate surface area is 187 Å². The summed E-state index contributed by atoms with van der Waals surface area (Å²) >= 11 is 0. The normalized spacial score (nSPS) is 48.4. The summed E-state index contributed by atoms with van der Waals surface area (Å²) in [5.74, 6) is 4.91. The van der Waals surface area contributed by atoms with Gasteiger partial charge in [-0.1, -0.05) is 53.4 Å². The SMILES string of the molecule is CC1CCC(OC2CCCCC2C2CCCCC2OC2CCC(C)C(C)C2)CC1C. The minimum Gasteiger partial charge on any atom is -0.375 e. The topological polar surface area (TPSA) is 18.5 Å². The average molecular weight is 419 g/mol. The molecule has 4 rings (SSSR count). The van der Waals surface area contributed by atoms with E-state index in [1.165, 1.54) is 89.9 Å². The smallest absolute Gasteiger partial charge is 0.0610 e. The van der Waals surface area contributed by atoms with Gasteiger partial charge in [-0.3, -0.25) is 0 Å². The third-order valence-electron chi connectivity index (χ3n) is 9.89. The lowest BCUT2D eigenvalue weighted by atomic mass is 9.70. The van der Waals surface area contributed by atoms with Crippen molar-refractivity contribution in [1.29, 1.82) is 0 Å². The van der Waals surface area contributed by atoms with Gasteiger partial charge in [0.25, 0.3) is 0 Å². The molecule has 10 unspecified atom stereocenters. The first kappa shape index (κ1) is 23.1. The Kier molecular flexibility index (Phi) is 8.23. The molecule has 30 heavy (non-hydrogen) atoms. The van der Waals surface area contributed by atoms with Crippen LogP contribution in [-0.4, -0.2) is 24.4 Å². The van der Waals surface area contributed by atoms with Gasteiger partial charge in [0.15, 0.2) is 0 Å². The molecule has 0 radical (unpaired) electrons. The minimum atomic E-state index is 0.504. The quantitative estimate of drug-likeness (QED) is 0.453. The van der Waals surface area contributed by atoms with Gasteiger partial charge in [0.2, 0.25) is 0 Å². The van der Waals surface area contributed by atoms with Crippen molar-refractivity contribution in [2.24, 2.45) is 35.5 Å². The van der Waals surface area contributed by atoms with Crippen molar-refractivity contribution in [2.45, 2.75) is 142 Å². The van der Waals surface area contributed by atoms with Crippen molar-refractivity contribution >= 4 is 0 Å². The fourth-order valence-corrected chi connectivity index (χ4v) is 7.31. The maximum atomic E-state index is 6.93. The van der Waals surface area contributed by atoms with Crippen LogP contribution in [0.3, 0.4) is 0 Å². The number of ether oxygens (including phenoxy) is 2. The second kappa shape index (κ2) is 10.7. The number of hydrogen-bond donors (Lipinski definition) is 0. The Bertz CT molecular complexity index is 473. The van der Waals surface area contributed by atoms with E-state index in [0.29, 0.717) is 24.4 Å². The second-order valence-electron chi connectivity index (χ2n) is 12.0. The van der Waals surface area contributed by atoms with Gasteiger partial charge in [0, 0.05) is 0 Å². The van der Waals surface area contributed by atoms with Crippen molar-refractivity contribution in [3.8, 4) is 0 Å². The number of rotatable bonds is 5. The predicted octanol–water partition coefficient (Wildman–Crippen LogP) is 7.79. The highest BCUT2D eigenvalue weighted by atomic mass is 16.5. The standard InChI is InChI=1S/C28H50O2/c1-19-13-15-23(17-21(19)3)29-27-11-7-5-9-25(27)26-10-6-8-12-28(26)30-24-16-14-20(2)22(4)18-24/h19-28H,5-18H2,1-4H3. The molecule has 2 heteroatoms. The molecule has 4 fully saturated rings. The molecule has 0 N–H and O–H groups in total. The second-order valence-corrected chi connectivity index (χ2v) is 12.0. The first-order valence-corrected chi connectivity index (χ1v) is 13.8. The van der Waals surface area contributed by atoms with Gasteiger partial charge >= 0.3 is 0 Å². The highest BCUT2D eigenvalue weighted by Crippen LogP contribution is 2.44. The van der Waals surface area contributed by atoms with Crippen LogP contribution in [0.5, 0.6) is 0 Å². The van der Waals surface area contributed by atoms with E-state index in [2.05, 4.69) is 27.7 Å². The molecular formula is C28H50O2. The van der Waals surface area contributed by atoms with Crippen molar-refractivity contribution in [3.05, 3.63) is 0 Å². The van der Waals surface area contributed by atoms with E-state index < -0.39 is 0 Å². The molecule has 0 heterocycles. The molecule has 0 aromatic carbocycles. The molecule has 4 aliphatic rings. The Hall–Kier alpha value is -0.0800. The van der Waals surface area contributed by atoms with Gasteiger partial charge in [-0.15, -0.1) is 0 Å². The molecule has 4 saturated carbocycles. The Morgan fingerprint density at radius 2 is 0.833 bits per heavy atom. The lowest BCUT2D eigenvalue weighted by Crippen LogP contribution is -2.44. The van der Waals surface area contributed by atoms with E-state index >= 15 is 0 Å². The van der Waals surface area contributed by atoms with E-state index in [1.807, 2.05) is 0 Å². The molecule has 0 bridgehead atoms. The molecule has 2 nitrogen and oxygen atoms in total. The summed E-state index contributed by atoms with van der Waals surface area (Å²) in [4.78, 5) is 0. The van der Waals surface area contributed by atoms with Crippen LogP contribution in [0.4, 0.5) is 0 Å². The zero-order chi connectivity index (χ0) is 21.1. The highest BCUT2D eigenvalue weighted by molar-refractivity contribution is 4.90. The maximum Gasteiger partial charge on any atom is 0.0610 e. The van der Waals surface area contributed by atoms with E-state index in [9.17, 15) is 0 Å². The summed E-state index contributed by atoms with van der Waals surface area (Å²) in [7, 11) is 0. The maximum absolute atomic E-state index is 6.93. The van der Waals surface area contributed by atoms with Crippen LogP contribution in [-0.2, 0) is 9.47 Å². The van der Waals surface area contributed by atoms with E-state index in [0.717, 1.165) is 35.5 Å². The molecule has 0 spiro atoms. The molecule has 0 aromatic rings. The predicted molar refractivity (Wildman–Crippen MR) is 126 cm³/mol. The lowest BCUT2D eigenvalue weighted by molar-refractivity contribution is -0.139. The van der Waals surface area contributed by atoms with Gasteiger partial charge < -0.3 is 9.47 Å². The van der Waals surface area contributed by atoms with Crippen LogP contribution in [0.2, 0.25) is 0 Å². The summed E-state index contributed by atoms with van der Waals surface area (Å²) in [6, 6.07) is 0. The molecule has 0 aliphatic heterocycles. The first-order valence-electron chi connectivity index (χ1n) is 13.8. The molecular weight excluding hydrogens is 368 g/mol. The molecule has 0 saturated heterocycles. The molecule has 0 amide bonds. The Morgan fingerprint density at radius 3 is 1.23 bits per heavy atom. The number of hydrogen-bond acceptors (Lipinski definition) is 2. The van der Waals surface area contributed by atoms with Crippen LogP contribution in [0.1, 0.15) is 118 Å². The van der Waals surface area contributed by atoms with E-state index in [-0.39, 0.29) is 0 Å². The van der Waals surface area contributed by atoms with Gasteiger partial charge in [0.05, 0.1) is 24.4 Å². The Balaban J connectivity index is 1.38. The summed E-state index contributed by atoms with van der Waals surface area (Å²) in [6.07, 6.45) is 20.8. The summed E-state index contributed by atoms with van der Waals surface area (Å²) in [6.45, 7) is 9.74. The molecule has 10 atom stereocenters. The van der Waals surface area contributed by atoms with E-state index in [4.69, 9.17) is 9.47 Å². The first-order chi connectivity index (χ1) is 14.5. The van der Waals surface area contributed by atoms with Crippen LogP contribution >= 0.6 is 0 Å². The van der Waals surface area contributed by atoms with Crippen molar-refractivity contribution in [3.63, 3.8) is 0 Å². The summed E-state index contributed by atoms with van der Waals surface area (Å²) in [5, 5.41) is 0. The van der Waals surface area contributed by atoms with Crippen LogP contribution in [0.25, 0.3) is 0 Å². The van der Waals surface area contributed by atoms with Crippen LogP contribution < -0.4 is 0 Å². The monoisotopic (exact) mass is 418 g/mol. The zero-order valence-corrected chi connectivity index (χ0v) is 20.5. The minimum absolute atomic E-state index is 0.504. The van der Waals surface area contributed by atoms with Crippen molar-refractivity contribution in [2.75, 3.05) is 0 Å².